The van der Waals surface area contributed by atoms with Gasteiger partial charge in [0.25, 0.3) is 0 Å². The average molecular weight is 437 g/mol. The topological polar surface area (TPSA) is 15.3 Å². The molecule has 2 heteroatoms. The molecule has 0 bridgehead atoms. The van der Waals surface area contributed by atoms with Crippen molar-refractivity contribution in [3.05, 3.63) is 12.7 Å². The SMILES string of the molecule is C=CCCCCCN(CCCCCCCCCC)NCCCCCCCCCCCC. The number of hydrogen-bond donors (Lipinski definition) is 1. The lowest BCUT2D eigenvalue weighted by molar-refractivity contribution is 0.177. The fourth-order valence-electron chi connectivity index (χ4n) is 4.32. The molecule has 0 atom stereocenters. The van der Waals surface area contributed by atoms with Gasteiger partial charge in [-0.15, -0.1) is 6.58 Å². The quantitative estimate of drug-likeness (QED) is 0.0783. The Kier molecular flexibility index (Phi) is 27.4. The molecule has 0 aliphatic rings. The van der Waals surface area contributed by atoms with Crippen molar-refractivity contribution in [3.63, 3.8) is 0 Å². The maximum Gasteiger partial charge on any atom is 0.0130 e. The van der Waals surface area contributed by atoms with Crippen molar-refractivity contribution in [3.8, 4) is 0 Å². The number of nitrogens with one attached hydrogen (secondary N) is 1. The second-order valence-corrected chi connectivity index (χ2v) is 9.69. The number of nitrogens with zero attached hydrogens (tertiary/aromatic N) is 1. The second-order valence-electron chi connectivity index (χ2n) is 9.69. The third-order valence-corrected chi connectivity index (χ3v) is 6.48. The molecule has 0 unspecified atom stereocenters. The van der Waals surface area contributed by atoms with E-state index in [9.17, 15) is 0 Å². The Balaban J connectivity index is 3.74. The Hall–Kier alpha value is -0.340. The van der Waals surface area contributed by atoms with Crippen LogP contribution < -0.4 is 5.43 Å². The normalized spacial score (nSPS) is 11.5. The molecule has 1 N–H and O–H groups in total. The van der Waals surface area contributed by atoms with Crippen LogP contribution in [0, 0.1) is 0 Å². The van der Waals surface area contributed by atoms with Crippen molar-refractivity contribution in [1.29, 1.82) is 0 Å². The zero-order valence-corrected chi connectivity index (χ0v) is 21.9. The van der Waals surface area contributed by atoms with Crippen LogP contribution in [0.5, 0.6) is 0 Å². The molecule has 2 nitrogen and oxygen atoms in total. The van der Waals surface area contributed by atoms with Crippen LogP contribution in [-0.2, 0) is 0 Å². The van der Waals surface area contributed by atoms with E-state index in [4.69, 9.17) is 0 Å². The van der Waals surface area contributed by atoms with Gasteiger partial charge in [0.05, 0.1) is 0 Å². The van der Waals surface area contributed by atoms with Crippen LogP contribution in [0.25, 0.3) is 0 Å². The monoisotopic (exact) mass is 436 g/mol. The van der Waals surface area contributed by atoms with E-state index < -0.39 is 0 Å². The van der Waals surface area contributed by atoms with Gasteiger partial charge in [0.15, 0.2) is 0 Å². The molecule has 0 aliphatic carbocycles. The summed E-state index contributed by atoms with van der Waals surface area (Å²) in [5, 5.41) is 2.54. The molecule has 0 fully saturated rings. The Morgan fingerprint density at radius 1 is 0.516 bits per heavy atom. The van der Waals surface area contributed by atoms with E-state index in [1.807, 2.05) is 0 Å². The number of rotatable bonds is 27. The minimum Gasteiger partial charge on any atom is -0.255 e. The summed E-state index contributed by atoms with van der Waals surface area (Å²) in [6.45, 7) is 12.1. The van der Waals surface area contributed by atoms with E-state index in [0.29, 0.717) is 0 Å². The first kappa shape index (κ1) is 30.7. The maximum absolute atomic E-state index is 3.85. The first-order valence-corrected chi connectivity index (χ1v) is 14.4. The molecule has 0 aliphatic heterocycles. The molecule has 0 aromatic heterocycles. The first-order valence-electron chi connectivity index (χ1n) is 14.4. The van der Waals surface area contributed by atoms with Gasteiger partial charge in [-0.25, -0.2) is 5.01 Å². The summed E-state index contributed by atoms with van der Waals surface area (Å²) in [6.07, 6.45) is 32.6. The van der Waals surface area contributed by atoms with Gasteiger partial charge in [-0.1, -0.05) is 129 Å². The van der Waals surface area contributed by atoms with Gasteiger partial charge in [0, 0.05) is 19.6 Å². The van der Waals surface area contributed by atoms with Gasteiger partial charge >= 0.3 is 0 Å². The van der Waals surface area contributed by atoms with Crippen LogP contribution in [0.1, 0.15) is 155 Å². The fourth-order valence-corrected chi connectivity index (χ4v) is 4.32. The smallest absolute Gasteiger partial charge is 0.0130 e. The Morgan fingerprint density at radius 3 is 1.35 bits per heavy atom. The van der Waals surface area contributed by atoms with E-state index in [2.05, 4.69) is 36.9 Å². The summed E-state index contributed by atoms with van der Waals surface area (Å²) in [5.74, 6) is 0. The number of hydrazine groups is 1. The molecule has 31 heavy (non-hydrogen) atoms. The van der Waals surface area contributed by atoms with E-state index in [0.717, 1.165) is 0 Å². The van der Waals surface area contributed by atoms with Crippen molar-refractivity contribution in [2.75, 3.05) is 19.6 Å². The highest BCUT2D eigenvalue weighted by atomic mass is 15.5. The molecule has 0 rings (SSSR count). The summed E-state index contributed by atoms with van der Waals surface area (Å²) in [7, 11) is 0. The Labute approximate surface area is 198 Å². The lowest BCUT2D eigenvalue weighted by Gasteiger charge is -2.23. The molecule has 0 spiro atoms. The summed E-state index contributed by atoms with van der Waals surface area (Å²) in [6, 6.07) is 0. The van der Waals surface area contributed by atoms with Crippen LogP contribution in [0.15, 0.2) is 12.7 Å². The van der Waals surface area contributed by atoms with Gasteiger partial charge in [0.1, 0.15) is 0 Å². The first-order chi connectivity index (χ1) is 15.3. The van der Waals surface area contributed by atoms with Crippen LogP contribution >= 0.6 is 0 Å². The highest BCUT2D eigenvalue weighted by Crippen LogP contribution is 2.11. The van der Waals surface area contributed by atoms with E-state index in [-0.39, 0.29) is 0 Å². The van der Waals surface area contributed by atoms with Crippen molar-refractivity contribution in [2.24, 2.45) is 0 Å². The summed E-state index contributed by atoms with van der Waals surface area (Å²) in [5.41, 5.74) is 3.77. The van der Waals surface area contributed by atoms with Gasteiger partial charge in [-0.3, -0.25) is 5.43 Å². The maximum atomic E-state index is 3.85. The largest absolute Gasteiger partial charge is 0.255 e. The third-order valence-electron chi connectivity index (χ3n) is 6.48. The third kappa shape index (κ3) is 25.8. The van der Waals surface area contributed by atoms with Gasteiger partial charge in [-0.05, 0) is 32.1 Å². The minimum atomic E-state index is 1.17. The van der Waals surface area contributed by atoms with Crippen molar-refractivity contribution in [2.45, 2.75) is 155 Å². The van der Waals surface area contributed by atoms with E-state index in [1.165, 1.54) is 161 Å². The molecular formula is C29H60N2. The van der Waals surface area contributed by atoms with Gasteiger partial charge < -0.3 is 0 Å². The van der Waals surface area contributed by atoms with E-state index in [1.54, 1.807) is 0 Å². The number of hydrogen-bond acceptors (Lipinski definition) is 2. The van der Waals surface area contributed by atoms with Gasteiger partial charge in [-0.2, -0.15) is 0 Å². The molecule has 0 saturated carbocycles. The molecule has 0 radical (unpaired) electrons. The Morgan fingerprint density at radius 2 is 0.903 bits per heavy atom. The molecule has 0 aromatic rings. The van der Waals surface area contributed by atoms with Crippen LogP contribution in [-0.4, -0.2) is 24.6 Å². The summed E-state index contributed by atoms with van der Waals surface area (Å²) in [4.78, 5) is 0. The average Bonchev–Trinajstić information content (AvgIpc) is 2.78. The molecule has 0 heterocycles. The number of unbranched alkanes of at least 4 members (excludes halogenated alkanes) is 19. The van der Waals surface area contributed by atoms with Gasteiger partial charge in [0.2, 0.25) is 0 Å². The molecule has 0 saturated heterocycles. The fraction of sp³-hybridized carbons (Fsp3) is 0.931. The molecule has 0 amide bonds. The predicted molar refractivity (Wildman–Crippen MR) is 143 cm³/mol. The molecule has 186 valence electrons. The second kappa shape index (κ2) is 27.7. The molecular weight excluding hydrogens is 376 g/mol. The van der Waals surface area contributed by atoms with Crippen molar-refractivity contribution >= 4 is 0 Å². The number of allylic oxidation sites excluding steroid dienone is 1. The highest BCUT2D eigenvalue weighted by Gasteiger charge is 2.04. The van der Waals surface area contributed by atoms with Crippen molar-refractivity contribution < 1.29 is 0 Å². The summed E-state index contributed by atoms with van der Waals surface area (Å²) < 4.78 is 0. The summed E-state index contributed by atoms with van der Waals surface area (Å²) >= 11 is 0. The van der Waals surface area contributed by atoms with Crippen LogP contribution in [0.2, 0.25) is 0 Å². The lowest BCUT2D eigenvalue weighted by atomic mass is 10.1. The molecule has 0 aromatic carbocycles. The Bertz CT molecular complexity index is 329. The van der Waals surface area contributed by atoms with Crippen LogP contribution in [0.4, 0.5) is 0 Å². The predicted octanol–water partition coefficient (Wildman–Crippen LogP) is 9.60. The zero-order chi connectivity index (χ0) is 22.7. The lowest BCUT2D eigenvalue weighted by Crippen LogP contribution is -2.40. The van der Waals surface area contributed by atoms with Crippen molar-refractivity contribution in [1.82, 2.24) is 10.4 Å². The standard InChI is InChI=1S/C29H60N2/c1-4-7-10-13-15-17-18-19-21-24-27-30-31(28-25-22-12-9-6-3)29-26-23-20-16-14-11-8-5-2/h6,30H,3-5,7-29H2,1-2H3. The van der Waals surface area contributed by atoms with E-state index >= 15 is 0 Å². The van der Waals surface area contributed by atoms with Crippen LogP contribution in [0.3, 0.4) is 0 Å². The minimum absolute atomic E-state index is 1.17. The highest BCUT2D eigenvalue weighted by molar-refractivity contribution is 4.66. The zero-order valence-electron chi connectivity index (χ0n) is 21.9.